The number of H-pyrrole nitrogens is 1. The summed E-state index contributed by atoms with van der Waals surface area (Å²) in [6.07, 6.45) is 0.351. The normalized spacial score (nSPS) is 23.8. The van der Waals surface area contributed by atoms with Gasteiger partial charge in [-0.05, 0) is 17.7 Å². The Morgan fingerprint density at radius 2 is 2.14 bits per heavy atom. The van der Waals surface area contributed by atoms with Crippen molar-refractivity contribution in [2.24, 2.45) is 5.11 Å². The molecule has 0 radical (unpaired) electrons. The molecule has 1 aromatic carbocycles. The molecule has 0 amide bonds. The average Bonchev–Trinajstić information content (AvgIpc) is 3.05. The maximum atomic E-state index is 12.2. The Labute approximate surface area is 157 Å². The molecule has 1 aliphatic heterocycles. The van der Waals surface area contributed by atoms with Crippen LogP contribution in [0.25, 0.3) is 10.4 Å². The lowest BCUT2D eigenvalue weighted by molar-refractivity contribution is -0.128. The van der Waals surface area contributed by atoms with Gasteiger partial charge in [-0.15, -0.1) is 0 Å². The maximum Gasteiger partial charge on any atom is 0.338 e. The summed E-state index contributed by atoms with van der Waals surface area (Å²) in [6, 6.07) is 8.46. The maximum absolute atomic E-state index is 12.2. The fourth-order valence-electron chi connectivity index (χ4n) is 3.01. The van der Waals surface area contributed by atoms with Gasteiger partial charge in [-0.25, -0.2) is 9.59 Å². The summed E-state index contributed by atoms with van der Waals surface area (Å²) in [5, 5.41) is 13.6. The lowest BCUT2D eigenvalue weighted by atomic mass is 9.96. The van der Waals surface area contributed by atoms with Gasteiger partial charge in [0.1, 0.15) is 18.4 Å². The number of nitrogens with one attached hydrogen (secondary N) is 1. The zero-order chi connectivity index (χ0) is 20.1. The first-order chi connectivity index (χ1) is 13.5. The predicted octanol–water partition coefficient (Wildman–Crippen LogP) is 0.722. The second-order valence-electron chi connectivity index (χ2n) is 6.21. The van der Waals surface area contributed by atoms with Gasteiger partial charge in [0.15, 0.2) is 0 Å². The molecule has 1 unspecified atom stereocenters. The van der Waals surface area contributed by atoms with E-state index in [4.69, 9.17) is 15.0 Å². The Bertz CT molecular complexity index is 1010. The van der Waals surface area contributed by atoms with Crippen LogP contribution < -0.4 is 11.2 Å². The van der Waals surface area contributed by atoms with E-state index in [1.165, 1.54) is 6.20 Å². The minimum absolute atomic E-state index is 0.0411. The second kappa shape index (κ2) is 8.09. The van der Waals surface area contributed by atoms with Gasteiger partial charge in [0.2, 0.25) is 0 Å². The standard InChI is InChI=1S/C17H17N5O6/c18-21-20-12-8-14(22-7-6-13(24)19-16(22)26)28-17(12,9-23)10-27-15(25)11-4-2-1-3-5-11/h1-7,12,14,23H,8-10H2,(H,19,24,26)/t12?,14-,17-/m1/s1. The number of hydrogen-bond donors (Lipinski definition) is 2. The topological polar surface area (TPSA) is 159 Å². The van der Waals surface area contributed by atoms with Crippen LogP contribution in [0, 0.1) is 0 Å². The molecule has 11 heteroatoms. The summed E-state index contributed by atoms with van der Waals surface area (Å²) in [4.78, 5) is 40.3. The first-order valence-electron chi connectivity index (χ1n) is 8.35. The van der Waals surface area contributed by atoms with E-state index in [1.807, 2.05) is 0 Å². The Morgan fingerprint density at radius 1 is 1.39 bits per heavy atom. The molecule has 1 aromatic heterocycles. The highest BCUT2D eigenvalue weighted by molar-refractivity contribution is 5.89. The van der Waals surface area contributed by atoms with Gasteiger partial charge in [-0.2, -0.15) is 0 Å². The molecule has 11 nitrogen and oxygen atoms in total. The second-order valence-corrected chi connectivity index (χ2v) is 6.21. The Kier molecular flexibility index (Phi) is 5.59. The van der Waals surface area contributed by atoms with Crippen LogP contribution in [0.4, 0.5) is 0 Å². The highest BCUT2D eigenvalue weighted by Crippen LogP contribution is 2.38. The number of carbonyl (C=O) groups excluding carboxylic acids is 1. The van der Waals surface area contributed by atoms with Gasteiger partial charge >= 0.3 is 11.7 Å². The number of nitrogens with zero attached hydrogens (tertiary/aromatic N) is 4. The number of aliphatic hydroxyl groups is 1. The number of azide groups is 1. The molecule has 3 atom stereocenters. The van der Waals surface area contributed by atoms with Gasteiger partial charge in [-0.3, -0.25) is 14.3 Å². The fraction of sp³-hybridized carbons (Fsp3) is 0.353. The van der Waals surface area contributed by atoms with Crippen molar-refractivity contribution in [2.45, 2.75) is 24.3 Å². The van der Waals surface area contributed by atoms with Gasteiger partial charge in [0, 0.05) is 23.6 Å². The van der Waals surface area contributed by atoms with Crippen molar-refractivity contribution in [3.63, 3.8) is 0 Å². The van der Waals surface area contributed by atoms with Crippen LogP contribution in [0.3, 0.4) is 0 Å². The molecule has 2 N–H and O–H groups in total. The first-order valence-corrected chi connectivity index (χ1v) is 8.35. The van der Waals surface area contributed by atoms with E-state index in [9.17, 15) is 19.5 Å². The molecular formula is C17H17N5O6. The highest BCUT2D eigenvalue weighted by atomic mass is 16.6. The van der Waals surface area contributed by atoms with Crippen LogP contribution in [0.1, 0.15) is 23.0 Å². The summed E-state index contributed by atoms with van der Waals surface area (Å²) in [5.41, 5.74) is 6.34. The summed E-state index contributed by atoms with van der Waals surface area (Å²) in [6.45, 7) is -1.01. The molecular weight excluding hydrogens is 370 g/mol. The molecule has 1 fully saturated rings. The predicted molar refractivity (Wildman–Crippen MR) is 95.5 cm³/mol. The number of aromatic amines is 1. The monoisotopic (exact) mass is 387 g/mol. The summed E-state index contributed by atoms with van der Waals surface area (Å²) in [5.74, 6) is -0.638. The van der Waals surface area contributed by atoms with E-state index in [-0.39, 0.29) is 6.42 Å². The first kappa shape index (κ1) is 19.4. The quantitative estimate of drug-likeness (QED) is 0.321. The van der Waals surface area contributed by atoms with Crippen LogP contribution in [0.15, 0.2) is 57.3 Å². The number of benzene rings is 1. The molecule has 2 heterocycles. The molecule has 0 spiro atoms. The van der Waals surface area contributed by atoms with Crippen LogP contribution in [0.2, 0.25) is 0 Å². The summed E-state index contributed by atoms with van der Waals surface area (Å²) < 4.78 is 12.2. The molecule has 0 saturated carbocycles. The smallest absolute Gasteiger partial charge is 0.338 e. The molecule has 2 aromatic rings. The molecule has 0 bridgehead atoms. The van der Waals surface area contributed by atoms with Crippen molar-refractivity contribution in [3.05, 3.63) is 79.4 Å². The van der Waals surface area contributed by atoms with E-state index in [0.717, 1.165) is 10.6 Å². The van der Waals surface area contributed by atoms with Crippen molar-refractivity contribution in [2.75, 3.05) is 13.2 Å². The van der Waals surface area contributed by atoms with Crippen LogP contribution in [-0.2, 0) is 9.47 Å². The molecule has 0 aliphatic carbocycles. The van der Waals surface area contributed by atoms with Gasteiger partial charge in [0.05, 0.1) is 18.2 Å². The summed E-state index contributed by atoms with van der Waals surface area (Å²) >= 11 is 0. The van der Waals surface area contributed by atoms with E-state index in [0.29, 0.717) is 5.56 Å². The largest absolute Gasteiger partial charge is 0.459 e. The van der Waals surface area contributed by atoms with Crippen LogP contribution >= 0.6 is 0 Å². The third kappa shape index (κ3) is 3.81. The van der Waals surface area contributed by atoms with Gasteiger partial charge in [-0.1, -0.05) is 23.3 Å². The van der Waals surface area contributed by atoms with Crippen molar-refractivity contribution < 1.29 is 19.4 Å². The lowest BCUT2D eigenvalue weighted by Gasteiger charge is -2.30. The molecule has 146 valence electrons. The molecule has 28 heavy (non-hydrogen) atoms. The zero-order valence-electron chi connectivity index (χ0n) is 14.6. The molecule has 3 rings (SSSR count). The number of aliphatic hydroxyl groups excluding tert-OH is 1. The lowest BCUT2D eigenvalue weighted by Crippen LogP contribution is -2.47. The van der Waals surface area contributed by atoms with Crippen molar-refractivity contribution in [1.29, 1.82) is 0 Å². The van der Waals surface area contributed by atoms with Crippen LogP contribution in [-0.4, -0.2) is 45.5 Å². The highest BCUT2D eigenvalue weighted by Gasteiger charge is 2.50. The number of rotatable bonds is 6. The third-order valence-corrected chi connectivity index (χ3v) is 4.48. The number of aromatic nitrogens is 2. The number of ether oxygens (including phenoxy) is 2. The van der Waals surface area contributed by atoms with E-state index >= 15 is 0 Å². The Hall–Kier alpha value is -3.40. The summed E-state index contributed by atoms with van der Waals surface area (Å²) in [7, 11) is 0. The Balaban J connectivity index is 1.84. The third-order valence-electron chi connectivity index (χ3n) is 4.48. The number of carbonyl (C=O) groups is 1. The van der Waals surface area contributed by atoms with Crippen molar-refractivity contribution in [3.8, 4) is 0 Å². The minimum atomic E-state index is -1.53. The van der Waals surface area contributed by atoms with Crippen molar-refractivity contribution in [1.82, 2.24) is 9.55 Å². The number of hydrogen-bond acceptors (Lipinski definition) is 7. The zero-order valence-corrected chi connectivity index (χ0v) is 14.6. The van der Waals surface area contributed by atoms with Crippen molar-refractivity contribution >= 4 is 5.97 Å². The fourth-order valence-corrected chi connectivity index (χ4v) is 3.01. The molecule has 1 saturated heterocycles. The van der Waals surface area contributed by atoms with Gasteiger partial charge in [0.25, 0.3) is 5.56 Å². The van der Waals surface area contributed by atoms with Gasteiger partial charge < -0.3 is 14.6 Å². The van der Waals surface area contributed by atoms with E-state index in [2.05, 4.69) is 15.0 Å². The minimum Gasteiger partial charge on any atom is -0.459 e. The van der Waals surface area contributed by atoms with E-state index in [1.54, 1.807) is 30.3 Å². The average molecular weight is 387 g/mol. The number of esters is 1. The van der Waals surface area contributed by atoms with E-state index < -0.39 is 48.3 Å². The van der Waals surface area contributed by atoms with Crippen LogP contribution in [0.5, 0.6) is 0 Å². The SMILES string of the molecule is [N-]=[N+]=NC1C[C@H](n2ccc(=O)[nH]c2=O)O[C@]1(CO)COC(=O)c1ccccc1. The Morgan fingerprint density at radius 3 is 2.79 bits per heavy atom. The molecule has 1 aliphatic rings.